The van der Waals surface area contributed by atoms with Crippen LogP contribution in [0.5, 0.6) is 0 Å². The molecule has 1 fully saturated rings. The number of rotatable bonds is 9. The van der Waals surface area contributed by atoms with Crippen molar-refractivity contribution >= 4 is 22.6 Å². The van der Waals surface area contributed by atoms with Crippen molar-refractivity contribution in [2.45, 2.75) is 31.8 Å². The van der Waals surface area contributed by atoms with E-state index in [4.69, 9.17) is 0 Å². The van der Waals surface area contributed by atoms with Gasteiger partial charge in [0, 0.05) is 30.1 Å². The minimum absolute atomic E-state index is 0.104. The van der Waals surface area contributed by atoms with Gasteiger partial charge in [-0.1, -0.05) is 72.8 Å². The molecule has 5 aromatic rings. The number of aromatic nitrogens is 2. The fraction of sp³-hybridized carbons (Fsp3) is 0.182. The maximum atomic E-state index is 13.3. The molecule has 0 unspecified atom stereocenters. The van der Waals surface area contributed by atoms with Crippen LogP contribution in [0.15, 0.2) is 109 Å². The molecule has 0 atom stereocenters. The summed E-state index contributed by atoms with van der Waals surface area (Å²) in [4.78, 5) is 24.3. The van der Waals surface area contributed by atoms with Crippen LogP contribution in [0.3, 0.4) is 0 Å². The van der Waals surface area contributed by atoms with Crippen molar-refractivity contribution in [1.82, 2.24) is 14.9 Å². The molecular weight excluding hydrogens is 468 g/mol. The van der Waals surface area contributed by atoms with Crippen molar-refractivity contribution in [2.24, 2.45) is 0 Å². The standard InChI is InChI=1S/C33H30N4O/c38-33(26-11-5-2-6-12-26)37(29-15-16-29)22-25-10-7-13-27(20-25)28-14-17-31-30(21-28)32(36-23-35-31)34-19-18-24-8-3-1-4-9-24/h1-14,17,20-21,23,29H,15-16,18-19,22H2,(H,34,35,36). The Kier molecular flexibility index (Phi) is 6.81. The van der Waals surface area contributed by atoms with Gasteiger partial charge in [0.2, 0.25) is 0 Å². The fourth-order valence-electron chi connectivity index (χ4n) is 4.89. The normalized spacial score (nSPS) is 12.8. The average molecular weight is 499 g/mol. The summed E-state index contributed by atoms with van der Waals surface area (Å²) in [7, 11) is 0. The van der Waals surface area contributed by atoms with Crippen LogP contribution in [-0.2, 0) is 13.0 Å². The molecule has 1 N–H and O–H groups in total. The lowest BCUT2D eigenvalue weighted by Gasteiger charge is -2.23. The van der Waals surface area contributed by atoms with Crippen LogP contribution in [0.2, 0.25) is 0 Å². The number of anilines is 1. The Morgan fingerprint density at radius 3 is 2.32 bits per heavy atom. The predicted octanol–water partition coefficient (Wildman–Crippen LogP) is 6.76. The molecule has 1 aliphatic carbocycles. The van der Waals surface area contributed by atoms with Gasteiger partial charge in [-0.15, -0.1) is 0 Å². The van der Waals surface area contributed by atoms with Gasteiger partial charge < -0.3 is 10.2 Å². The molecule has 188 valence electrons. The van der Waals surface area contributed by atoms with E-state index < -0.39 is 0 Å². The van der Waals surface area contributed by atoms with E-state index in [9.17, 15) is 4.79 Å². The summed E-state index contributed by atoms with van der Waals surface area (Å²) >= 11 is 0. The van der Waals surface area contributed by atoms with E-state index in [1.54, 1.807) is 6.33 Å². The van der Waals surface area contributed by atoms with E-state index in [0.29, 0.717) is 12.6 Å². The van der Waals surface area contributed by atoms with Crippen molar-refractivity contribution in [3.8, 4) is 11.1 Å². The van der Waals surface area contributed by atoms with Crippen LogP contribution >= 0.6 is 0 Å². The molecular formula is C33H30N4O. The van der Waals surface area contributed by atoms with Gasteiger partial charge in [0.05, 0.1) is 5.52 Å². The number of carbonyl (C=O) groups excluding carboxylic acids is 1. The molecule has 6 rings (SSSR count). The maximum Gasteiger partial charge on any atom is 0.254 e. The highest BCUT2D eigenvalue weighted by atomic mass is 16.2. The third kappa shape index (κ3) is 5.42. The quantitative estimate of drug-likeness (QED) is 0.244. The minimum atomic E-state index is 0.104. The van der Waals surface area contributed by atoms with Crippen molar-refractivity contribution in [3.05, 3.63) is 126 Å². The first-order valence-corrected chi connectivity index (χ1v) is 13.2. The molecule has 1 saturated carbocycles. The van der Waals surface area contributed by atoms with Crippen LogP contribution in [0.1, 0.15) is 34.3 Å². The van der Waals surface area contributed by atoms with E-state index in [2.05, 4.69) is 82.0 Å². The first-order chi connectivity index (χ1) is 18.7. The zero-order valence-electron chi connectivity index (χ0n) is 21.3. The van der Waals surface area contributed by atoms with E-state index >= 15 is 0 Å². The number of nitrogens with zero attached hydrogens (tertiary/aromatic N) is 3. The molecule has 0 saturated heterocycles. The van der Waals surface area contributed by atoms with Crippen LogP contribution in [0.25, 0.3) is 22.0 Å². The first kappa shape index (κ1) is 23.9. The molecule has 5 heteroatoms. The zero-order chi connectivity index (χ0) is 25.7. The van der Waals surface area contributed by atoms with Gasteiger partial charge in [0.1, 0.15) is 12.1 Å². The molecule has 5 nitrogen and oxygen atoms in total. The van der Waals surface area contributed by atoms with E-state index in [0.717, 1.165) is 64.8 Å². The van der Waals surface area contributed by atoms with Gasteiger partial charge in [-0.2, -0.15) is 0 Å². The Labute approximate surface area is 223 Å². The third-order valence-corrected chi connectivity index (χ3v) is 7.07. The summed E-state index contributed by atoms with van der Waals surface area (Å²) in [6, 6.07) is 35.2. The Hall–Kier alpha value is -4.51. The highest BCUT2D eigenvalue weighted by Crippen LogP contribution is 2.32. The predicted molar refractivity (Wildman–Crippen MR) is 153 cm³/mol. The molecule has 1 aliphatic rings. The number of nitrogens with one attached hydrogen (secondary N) is 1. The summed E-state index contributed by atoms with van der Waals surface area (Å²) in [6.07, 6.45) is 4.68. The largest absolute Gasteiger partial charge is 0.369 e. The van der Waals surface area contributed by atoms with Gasteiger partial charge in [0.15, 0.2) is 0 Å². The number of carbonyl (C=O) groups is 1. The number of amides is 1. The number of hydrogen-bond acceptors (Lipinski definition) is 4. The summed E-state index contributed by atoms with van der Waals surface area (Å²) in [5, 5.41) is 4.51. The van der Waals surface area contributed by atoms with Gasteiger partial charge in [-0.3, -0.25) is 4.79 Å². The van der Waals surface area contributed by atoms with Crippen molar-refractivity contribution in [3.63, 3.8) is 0 Å². The smallest absolute Gasteiger partial charge is 0.254 e. The number of fused-ring (bicyclic) bond motifs is 1. The SMILES string of the molecule is O=C(c1ccccc1)N(Cc1cccc(-c2ccc3ncnc(NCCc4ccccc4)c3c2)c1)C1CC1. The van der Waals surface area contributed by atoms with E-state index in [1.165, 1.54) is 5.56 Å². The number of benzene rings is 4. The average Bonchev–Trinajstić information content (AvgIpc) is 3.82. The second-order valence-corrected chi connectivity index (χ2v) is 9.85. The van der Waals surface area contributed by atoms with Crippen LogP contribution < -0.4 is 5.32 Å². The summed E-state index contributed by atoms with van der Waals surface area (Å²) in [6.45, 7) is 1.40. The molecule has 0 spiro atoms. The topological polar surface area (TPSA) is 58.1 Å². The van der Waals surface area contributed by atoms with Gasteiger partial charge >= 0.3 is 0 Å². The Morgan fingerprint density at radius 2 is 1.53 bits per heavy atom. The highest BCUT2D eigenvalue weighted by Gasteiger charge is 2.33. The third-order valence-electron chi connectivity index (χ3n) is 7.07. The molecule has 0 radical (unpaired) electrons. The number of hydrogen-bond donors (Lipinski definition) is 1. The second kappa shape index (κ2) is 10.9. The van der Waals surface area contributed by atoms with Gasteiger partial charge in [-0.05, 0) is 71.8 Å². The lowest BCUT2D eigenvalue weighted by molar-refractivity contribution is 0.0730. The zero-order valence-corrected chi connectivity index (χ0v) is 21.3. The molecule has 1 amide bonds. The monoisotopic (exact) mass is 498 g/mol. The highest BCUT2D eigenvalue weighted by molar-refractivity contribution is 5.95. The van der Waals surface area contributed by atoms with Crippen LogP contribution in [0, 0.1) is 0 Å². The fourth-order valence-corrected chi connectivity index (χ4v) is 4.89. The Bertz CT molecular complexity index is 1550. The van der Waals surface area contributed by atoms with Gasteiger partial charge in [0.25, 0.3) is 5.91 Å². The molecule has 1 heterocycles. The van der Waals surface area contributed by atoms with Crippen LogP contribution in [-0.4, -0.2) is 33.4 Å². The second-order valence-electron chi connectivity index (χ2n) is 9.85. The molecule has 38 heavy (non-hydrogen) atoms. The lowest BCUT2D eigenvalue weighted by atomic mass is 10.0. The van der Waals surface area contributed by atoms with Crippen molar-refractivity contribution in [2.75, 3.05) is 11.9 Å². The van der Waals surface area contributed by atoms with E-state index in [-0.39, 0.29) is 5.91 Å². The molecule has 0 bridgehead atoms. The van der Waals surface area contributed by atoms with Crippen LogP contribution in [0.4, 0.5) is 5.82 Å². The van der Waals surface area contributed by atoms with Gasteiger partial charge in [-0.25, -0.2) is 9.97 Å². The Balaban J connectivity index is 1.23. The molecule has 1 aromatic heterocycles. The first-order valence-electron chi connectivity index (χ1n) is 13.2. The Morgan fingerprint density at radius 1 is 0.789 bits per heavy atom. The minimum Gasteiger partial charge on any atom is -0.369 e. The van der Waals surface area contributed by atoms with Crippen molar-refractivity contribution in [1.29, 1.82) is 0 Å². The summed E-state index contributed by atoms with van der Waals surface area (Å²) in [5.41, 5.74) is 6.30. The van der Waals surface area contributed by atoms with Crippen molar-refractivity contribution < 1.29 is 4.79 Å². The lowest BCUT2D eigenvalue weighted by Crippen LogP contribution is -2.32. The summed E-state index contributed by atoms with van der Waals surface area (Å²) in [5.74, 6) is 0.949. The summed E-state index contributed by atoms with van der Waals surface area (Å²) < 4.78 is 0. The molecule has 4 aromatic carbocycles. The van der Waals surface area contributed by atoms with E-state index in [1.807, 2.05) is 41.3 Å². The maximum absolute atomic E-state index is 13.3. The molecule has 0 aliphatic heterocycles.